The molecule has 0 fully saturated rings. The summed E-state index contributed by atoms with van der Waals surface area (Å²) in [5.41, 5.74) is 8.41. The Morgan fingerprint density at radius 1 is 1.40 bits per heavy atom. The van der Waals surface area contributed by atoms with Gasteiger partial charge in [0.05, 0.1) is 11.3 Å². The third kappa shape index (κ3) is 2.57. The van der Waals surface area contributed by atoms with Crippen LogP contribution in [0, 0.1) is 6.92 Å². The number of thiophene rings is 1. The fourth-order valence-corrected chi connectivity index (χ4v) is 3.58. The molecule has 0 radical (unpaired) electrons. The van der Waals surface area contributed by atoms with E-state index in [0.717, 1.165) is 16.1 Å². The fourth-order valence-electron chi connectivity index (χ4n) is 1.91. The van der Waals surface area contributed by atoms with Gasteiger partial charge < -0.3 is 10.7 Å². The molecule has 6 heteroatoms. The lowest BCUT2D eigenvalue weighted by Crippen LogP contribution is -2.09. The number of nitrogens with zero attached hydrogens (tertiary/aromatic N) is 1. The Hall–Kier alpha value is -1.79. The number of fused-ring (bicyclic) bond motifs is 1. The molecule has 0 bridgehead atoms. The van der Waals surface area contributed by atoms with Crippen molar-refractivity contribution in [1.29, 1.82) is 0 Å². The Balaban J connectivity index is 1.86. The van der Waals surface area contributed by atoms with Crippen molar-refractivity contribution in [3.63, 3.8) is 0 Å². The van der Waals surface area contributed by atoms with Gasteiger partial charge in [-0.2, -0.15) is 0 Å². The maximum absolute atomic E-state index is 11.9. The van der Waals surface area contributed by atoms with Crippen LogP contribution in [0.15, 0.2) is 39.3 Å². The highest BCUT2D eigenvalue weighted by Crippen LogP contribution is 2.27. The normalized spacial score (nSPS) is 11.1. The van der Waals surface area contributed by atoms with Gasteiger partial charge in [-0.1, -0.05) is 6.07 Å². The summed E-state index contributed by atoms with van der Waals surface area (Å²) in [6.45, 7) is 2.04. The van der Waals surface area contributed by atoms with Gasteiger partial charge in [0, 0.05) is 10.6 Å². The van der Waals surface area contributed by atoms with Crippen LogP contribution in [0.5, 0.6) is 0 Å². The summed E-state index contributed by atoms with van der Waals surface area (Å²) < 4.78 is 0.680. The standard InChI is InChI=1S/C14H13N3OS2/c1-8-2-3-9(15)6-11(8)20-7-12-16-10-4-5-19-13(10)14(18)17-12/h2-6H,7,15H2,1H3,(H,16,17,18). The number of aromatic nitrogens is 2. The molecule has 0 unspecified atom stereocenters. The molecule has 0 aliphatic heterocycles. The number of nitrogens with one attached hydrogen (secondary N) is 1. The van der Waals surface area contributed by atoms with Gasteiger partial charge in [0.2, 0.25) is 0 Å². The van der Waals surface area contributed by atoms with E-state index >= 15 is 0 Å². The molecule has 102 valence electrons. The molecule has 20 heavy (non-hydrogen) atoms. The Bertz CT molecular complexity index is 823. The quantitative estimate of drug-likeness (QED) is 0.576. The van der Waals surface area contributed by atoms with Gasteiger partial charge in [-0.25, -0.2) is 4.98 Å². The van der Waals surface area contributed by atoms with Crippen molar-refractivity contribution in [3.8, 4) is 0 Å². The zero-order valence-corrected chi connectivity index (χ0v) is 12.5. The van der Waals surface area contributed by atoms with E-state index in [9.17, 15) is 4.79 Å². The number of aryl methyl sites for hydroxylation is 1. The van der Waals surface area contributed by atoms with Gasteiger partial charge in [-0.05, 0) is 36.1 Å². The fraction of sp³-hybridized carbons (Fsp3) is 0.143. The number of rotatable bonds is 3. The molecule has 0 aliphatic rings. The van der Waals surface area contributed by atoms with E-state index in [-0.39, 0.29) is 5.56 Å². The first-order valence-electron chi connectivity index (χ1n) is 6.09. The van der Waals surface area contributed by atoms with Crippen molar-refractivity contribution in [2.45, 2.75) is 17.6 Å². The molecular formula is C14H13N3OS2. The summed E-state index contributed by atoms with van der Waals surface area (Å²) in [5, 5.41) is 1.88. The van der Waals surface area contributed by atoms with Crippen molar-refractivity contribution < 1.29 is 0 Å². The van der Waals surface area contributed by atoms with Crippen LogP contribution in [0.2, 0.25) is 0 Å². The number of nitrogen functional groups attached to an aromatic ring is 1. The van der Waals surface area contributed by atoms with E-state index in [1.165, 1.54) is 16.9 Å². The lowest BCUT2D eigenvalue weighted by Gasteiger charge is -2.06. The van der Waals surface area contributed by atoms with Crippen LogP contribution in [0.4, 0.5) is 5.69 Å². The molecule has 0 saturated heterocycles. The highest BCUT2D eigenvalue weighted by molar-refractivity contribution is 7.98. The average Bonchev–Trinajstić information content (AvgIpc) is 2.89. The third-order valence-electron chi connectivity index (χ3n) is 2.94. The van der Waals surface area contributed by atoms with Crippen LogP contribution < -0.4 is 11.3 Å². The predicted octanol–water partition coefficient (Wildman–Crippen LogP) is 3.17. The average molecular weight is 303 g/mol. The first kappa shape index (κ1) is 13.2. The number of benzene rings is 1. The largest absolute Gasteiger partial charge is 0.399 e. The molecule has 2 aromatic heterocycles. The van der Waals surface area contributed by atoms with Gasteiger partial charge >= 0.3 is 0 Å². The SMILES string of the molecule is Cc1ccc(N)cc1SCc1nc2ccsc2c(=O)[nH]1. The molecule has 3 rings (SSSR count). The zero-order valence-electron chi connectivity index (χ0n) is 10.8. The first-order valence-corrected chi connectivity index (χ1v) is 7.95. The van der Waals surface area contributed by atoms with Crippen LogP contribution >= 0.6 is 23.1 Å². The second kappa shape index (κ2) is 5.30. The Morgan fingerprint density at radius 3 is 3.10 bits per heavy atom. The molecule has 0 atom stereocenters. The molecule has 0 saturated carbocycles. The smallest absolute Gasteiger partial charge is 0.268 e. The Kier molecular flexibility index (Phi) is 3.50. The van der Waals surface area contributed by atoms with Crippen LogP contribution in [0.3, 0.4) is 0 Å². The van der Waals surface area contributed by atoms with Crippen molar-refractivity contribution in [2.24, 2.45) is 0 Å². The minimum Gasteiger partial charge on any atom is -0.399 e. The molecule has 2 heterocycles. The van der Waals surface area contributed by atoms with E-state index in [1.54, 1.807) is 11.8 Å². The second-order valence-corrected chi connectivity index (χ2v) is 6.39. The zero-order chi connectivity index (χ0) is 14.1. The van der Waals surface area contributed by atoms with Gasteiger partial charge in [0.1, 0.15) is 10.5 Å². The monoisotopic (exact) mass is 303 g/mol. The Labute approximate surface area is 124 Å². The highest BCUT2D eigenvalue weighted by Gasteiger charge is 2.06. The second-order valence-electron chi connectivity index (χ2n) is 4.46. The van der Waals surface area contributed by atoms with E-state index in [0.29, 0.717) is 16.3 Å². The third-order valence-corrected chi connectivity index (χ3v) is 5.01. The number of H-pyrrole nitrogens is 1. The van der Waals surface area contributed by atoms with Crippen molar-refractivity contribution in [1.82, 2.24) is 9.97 Å². The number of nitrogens with two attached hydrogens (primary N) is 1. The van der Waals surface area contributed by atoms with E-state index < -0.39 is 0 Å². The molecule has 1 aromatic carbocycles. The van der Waals surface area contributed by atoms with Crippen molar-refractivity contribution in [3.05, 3.63) is 51.4 Å². The van der Waals surface area contributed by atoms with E-state index in [1.807, 2.05) is 36.6 Å². The van der Waals surface area contributed by atoms with Gasteiger partial charge in [-0.3, -0.25) is 4.79 Å². The number of aromatic amines is 1. The topological polar surface area (TPSA) is 71.8 Å². The summed E-state index contributed by atoms with van der Waals surface area (Å²) >= 11 is 3.04. The van der Waals surface area contributed by atoms with Crippen LogP contribution in [0.25, 0.3) is 10.2 Å². The number of anilines is 1. The minimum absolute atomic E-state index is 0.0649. The molecule has 3 aromatic rings. The number of hydrogen-bond acceptors (Lipinski definition) is 5. The summed E-state index contributed by atoms with van der Waals surface area (Å²) in [5.74, 6) is 1.30. The maximum Gasteiger partial charge on any atom is 0.268 e. The molecule has 3 N–H and O–H groups in total. The lowest BCUT2D eigenvalue weighted by molar-refractivity contribution is 1.04. The maximum atomic E-state index is 11.9. The molecule has 4 nitrogen and oxygen atoms in total. The van der Waals surface area contributed by atoms with Crippen LogP contribution in [-0.2, 0) is 5.75 Å². The minimum atomic E-state index is -0.0649. The van der Waals surface area contributed by atoms with Crippen molar-refractivity contribution in [2.75, 3.05) is 5.73 Å². The summed E-state index contributed by atoms with van der Waals surface area (Å²) in [7, 11) is 0. The van der Waals surface area contributed by atoms with Gasteiger partial charge in [0.25, 0.3) is 5.56 Å². The summed E-state index contributed by atoms with van der Waals surface area (Å²) in [6.07, 6.45) is 0. The number of hydrogen-bond donors (Lipinski definition) is 2. The van der Waals surface area contributed by atoms with Gasteiger partial charge in [0.15, 0.2) is 0 Å². The molecular weight excluding hydrogens is 290 g/mol. The van der Waals surface area contributed by atoms with Crippen LogP contribution in [0.1, 0.15) is 11.4 Å². The van der Waals surface area contributed by atoms with E-state index in [2.05, 4.69) is 9.97 Å². The van der Waals surface area contributed by atoms with E-state index in [4.69, 9.17) is 5.73 Å². The number of thioether (sulfide) groups is 1. The molecule has 0 aliphatic carbocycles. The predicted molar refractivity (Wildman–Crippen MR) is 85.4 cm³/mol. The molecule has 0 spiro atoms. The van der Waals surface area contributed by atoms with Gasteiger partial charge in [-0.15, -0.1) is 23.1 Å². The highest BCUT2D eigenvalue weighted by atomic mass is 32.2. The summed E-state index contributed by atoms with van der Waals surface area (Å²) in [6, 6.07) is 7.70. The lowest BCUT2D eigenvalue weighted by atomic mass is 10.2. The summed E-state index contributed by atoms with van der Waals surface area (Å²) in [4.78, 5) is 20.3. The Morgan fingerprint density at radius 2 is 2.25 bits per heavy atom. The van der Waals surface area contributed by atoms with Crippen molar-refractivity contribution >= 4 is 39.0 Å². The first-order chi connectivity index (χ1) is 9.63. The molecule has 0 amide bonds. The van der Waals surface area contributed by atoms with Crippen LogP contribution in [-0.4, -0.2) is 9.97 Å².